The molecular formula is C5H9F2N2. The molecule has 0 spiro atoms. The van der Waals surface area contributed by atoms with Crippen LogP contribution in [0.25, 0.3) is 0 Å². The maximum Gasteiger partial charge on any atom is 0.197 e. The van der Waals surface area contributed by atoms with Crippen LogP contribution in [0.5, 0.6) is 0 Å². The van der Waals surface area contributed by atoms with Crippen LogP contribution in [0.3, 0.4) is 0 Å². The maximum atomic E-state index is 12.3. The Bertz CT molecular complexity index is 79.0. The second-order valence-corrected chi connectivity index (χ2v) is 2.08. The van der Waals surface area contributed by atoms with E-state index in [-0.39, 0.29) is 11.7 Å². The van der Waals surface area contributed by atoms with Crippen molar-refractivity contribution in [3.05, 3.63) is 0 Å². The first-order valence-corrected chi connectivity index (χ1v) is 3.07. The van der Waals surface area contributed by atoms with Gasteiger partial charge in [-0.3, -0.25) is 0 Å². The molecule has 2 nitrogen and oxygen atoms in total. The first-order chi connectivity index (χ1) is 4.30. The molecule has 1 rings (SSSR count). The summed E-state index contributed by atoms with van der Waals surface area (Å²) in [6, 6.07) is 0. The van der Waals surface area contributed by atoms with Crippen molar-refractivity contribution in [1.82, 2.24) is 10.7 Å². The molecule has 0 aromatic carbocycles. The Labute approximate surface area is 52.7 Å². The summed E-state index contributed by atoms with van der Waals surface area (Å²) >= 11 is 0. The van der Waals surface area contributed by atoms with E-state index in [1.807, 2.05) is 0 Å². The van der Waals surface area contributed by atoms with Crippen molar-refractivity contribution in [2.75, 3.05) is 6.54 Å². The molecule has 1 heterocycles. The van der Waals surface area contributed by atoms with E-state index in [0.29, 0.717) is 6.54 Å². The lowest BCUT2D eigenvalue weighted by atomic mass is 10.2. The third-order valence-electron chi connectivity index (χ3n) is 1.32. The zero-order chi connectivity index (χ0) is 6.69. The van der Waals surface area contributed by atoms with Gasteiger partial charge in [0.25, 0.3) is 0 Å². The summed E-state index contributed by atoms with van der Waals surface area (Å²) in [4.78, 5) is 0. The standard InChI is InChI=1S/C5H9F2N2/c6-5-3-1-2-4-8-9(5)7/h5H,1-4H2. The first-order valence-electron chi connectivity index (χ1n) is 3.07. The van der Waals surface area contributed by atoms with Gasteiger partial charge in [0.1, 0.15) is 0 Å². The minimum absolute atomic E-state index is 0.0764. The van der Waals surface area contributed by atoms with Crippen LogP contribution in [0, 0.1) is 0 Å². The summed E-state index contributed by atoms with van der Waals surface area (Å²) in [5.74, 6) is 0. The second kappa shape index (κ2) is 3.08. The van der Waals surface area contributed by atoms with Crippen LogP contribution >= 0.6 is 0 Å². The van der Waals surface area contributed by atoms with E-state index < -0.39 is 6.30 Å². The summed E-state index contributed by atoms with van der Waals surface area (Å²) < 4.78 is 24.4. The predicted molar refractivity (Wildman–Crippen MR) is 28.7 cm³/mol. The lowest BCUT2D eigenvalue weighted by molar-refractivity contribution is -0.124. The van der Waals surface area contributed by atoms with Crippen molar-refractivity contribution in [3.63, 3.8) is 0 Å². The quantitative estimate of drug-likeness (QED) is 0.360. The molecule has 1 saturated heterocycles. The number of alkyl halides is 1. The van der Waals surface area contributed by atoms with Crippen LogP contribution in [-0.2, 0) is 0 Å². The monoisotopic (exact) mass is 135 g/mol. The van der Waals surface area contributed by atoms with E-state index in [2.05, 4.69) is 5.43 Å². The minimum atomic E-state index is -1.51. The SMILES string of the molecule is FC1CCCC[N]N1F. The highest BCUT2D eigenvalue weighted by atomic mass is 19.2. The van der Waals surface area contributed by atoms with Crippen molar-refractivity contribution in [3.8, 4) is 0 Å². The van der Waals surface area contributed by atoms with Crippen LogP contribution in [0.15, 0.2) is 0 Å². The number of rotatable bonds is 0. The molecule has 0 N–H and O–H groups in total. The molecule has 1 aliphatic heterocycles. The van der Waals surface area contributed by atoms with Crippen molar-refractivity contribution in [1.29, 1.82) is 0 Å². The summed E-state index contributed by atoms with van der Waals surface area (Å²) in [7, 11) is 0. The van der Waals surface area contributed by atoms with Gasteiger partial charge >= 0.3 is 0 Å². The zero-order valence-corrected chi connectivity index (χ0v) is 5.06. The van der Waals surface area contributed by atoms with E-state index in [1.165, 1.54) is 0 Å². The Morgan fingerprint density at radius 2 is 2.22 bits per heavy atom. The average molecular weight is 135 g/mol. The number of hydrogen-bond donors (Lipinski definition) is 0. The highest BCUT2D eigenvalue weighted by molar-refractivity contribution is 4.55. The fourth-order valence-corrected chi connectivity index (χ4v) is 0.786. The molecule has 0 aromatic rings. The van der Waals surface area contributed by atoms with Crippen molar-refractivity contribution in [2.45, 2.75) is 25.6 Å². The average Bonchev–Trinajstić information content (AvgIpc) is 1.99. The van der Waals surface area contributed by atoms with Crippen LogP contribution in [0.4, 0.5) is 8.87 Å². The van der Waals surface area contributed by atoms with Gasteiger partial charge < -0.3 is 0 Å². The topological polar surface area (TPSA) is 17.3 Å². The lowest BCUT2D eigenvalue weighted by Crippen LogP contribution is -2.29. The molecular weight excluding hydrogens is 126 g/mol. The van der Waals surface area contributed by atoms with E-state index in [0.717, 1.165) is 12.8 Å². The minimum Gasteiger partial charge on any atom is -0.226 e. The van der Waals surface area contributed by atoms with E-state index in [4.69, 9.17) is 0 Å². The molecule has 0 amide bonds. The Morgan fingerprint density at radius 3 is 3.00 bits per heavy atom. The van der Waals surface area contributed by atoms with Crippen LogP contribution < -0.4 is 5.43 Å². The molecule has 0 saturated carbocycles. The number of hydrogen-bond acceptors (Lipinski definition) is 1. The van der Waals surface area contributed by atoms with Crippen LogP contribution in [0.2, 0.25) is 0 Å². The molecule has 1 aliphatic rings. The Morgan fingerprint density at radius 1 is 1.44 bits per heavy atom. The van der Waals surface area contributed by atoms with Gasteiger partial charge in [-0.25, -0.2) is 4.39 Å². The second-order valence-electron chi connectivity index (χ2n) is 2.08. The molecule has 1 radical (unpaired) electrons. The lowest BCUT2D eigenvalue weighted by Gasteiger charge is -2.09. The van der Waals surface area contributed by atoms with E-state index in [9.17, 15) is 8.87 Å². The Balaban J connectivity index is 2.32. The molecule has 53 valence electrons. The normalized spacial score (nSPS) is 32.0. The van der Waals surface area contributed by atoms with Crippen LogP contribution in [0.1, 0.15) is 19.3 Å². The van der Waals surface area contributed by atoms with Gasteiger partial charge in [-0.15, -0.1) is 9.91 Å². The fraction of sp³-hybridized carbons (Fsp3) is 1.00. The molecule has 0 aromatic heterocycles. The van der Waals surface area contributed by atoms with Gasteiger partial charge in [0.2, 0.25) is 0 Å². The molecule has 1 unspecified atom stereocenters. The molecule has 4 heteroatoms. The fourth-order valence-electron chi connectivity index (χ4n) is 0.786. The van der Waals surface area contributed by atoms with Crippen molar-refractivity contribution in [2.24, 2.45) is 0 Å². The van der Waals surface area contributed by atoms with E-state index >= 15 is 0 Å². The summed E-state index contributed by atoms with van der Waals surface area (Å²) in [6.45, 7) is 0.414. The largest absolute Gasteiger partial charge is 0.226 e. The summed E-state index contributed by atoms with van der Waals surface area (Å²) in [5.41, 5.74) is 3.30. The third kappa shape index (κ3) is 1.87. The molecule has 0 aliphatic carbocycles. The van der Waals surface area contributed by atoms with Crippen molar-refractivity contribution >= 4 is 0 Å². The van der Waals surface area contributed by atoms with Gasteiger partial charge in [-0.05, 0) is 24.5 Å². The Kier molecular flexibility index (Phi) is 2.36. The van der Waals surface area contributed by atoms with Crippen molar-refractivity contribution < 1.29 is 8.87 Å². The summed E-state index contributed by atoms with van der Waals surface area (Å²) in [6.07, 6.45) is 0.277. The smallest absolute Gasteiger partial charge is 0.197 e. The highest BCUT2D eigenvalue weighted by Gasteiger charge is 2.19. The molecule has 1 atom stereocenters. The zero-order valence-electron chi connectivity index (χ0n) is 5.06. The van der Waals surface area contributed by atoms with Gasteiger partial charge in [-0.2, -0.15) is 0 Å². The summed E-state index contributed by atoms with van der Waals surface area (Å²) in [5, 5.41) is -0.0764. The first kappa shape index (κ1) is 6.89. The molecule has 1 fully saturated rings. The van der Waals surface area contributed by atoms with Gasteiger partial charge in [-0.1, -0.05) is 0 Å². The molecule has 9 heavy (non-hydrogen) atoms. The maximum absolute atomic E-state index is 12.3. The van der Waals surface area contributed by atoms with Crippen LogP contribution in [-0.4, -0.2) is 18.1 Å². The molecule has 0 bridgehead atoms. The Hall–Kier alpha value is -0.220. The van der Waals surface area contributed by atoms with Gasteiger partial charge in [0.05, 0.1) is 0 Å². The van der Waals surface area contributed by atoms with Gasteiger partial charge in [0.15, 0.2) is 6.30 Å². The highest BCUT2D eigenvalue weighted by Crippen LogP contribution is 2.12. The van der Waals surface area contributed by atoms with Gasteiger partial charge in [0, 0.05) is 6.54 Å². The number of halogens is 2. The van der Waals surface area contributed by atoms with E-state index in [1.54, 1.807) is 0 Å². The predicted octanol–water partition coefficient (Wildman–Crippen LogP) is 1.17. The number of nitrogens with zero attached hydrogens (tertiary/aromatic N) is 2. The third-order valence-corrected chi connectivity index (χ3v) is 1.32.